The van der Waals surface area contributed by atoms with Gasteiger partial charge < -0.3 is 10.2 Å². The number of anilines is 1. The molecule has 0 aliphatic carbocycles. The van der Waals surface area contributed by atoms with E-state index in [0.717, 1.165) is 43.6 Å². The fraction of sp³-hybridized carbons (Fsp3) is 0.562. The largest absolute Gasteiger partial charge is 0.325 e. The van der Waals surface area contributed by atoms with Gasteiger partial charge in [0.25, 0.3) is 0 Å². The maximum atomic E-state index is 12.4. The average molecular weight is 260 g/mol. The molecule has 0 aromatic heterocycles. The van der Waals surface area contributed by atoms with E-state index >= 15 is 0 Å². The predicted octanol–water partition coefficient (Wildman–Crippen LogP) is 2.84. The summed E-state index contributed by atoms with van der Waals surface area (Å²) in [5.41, 5.74) is 3.39. The number of nitrogens with one attached hydrogen (secondary N) is 1. The van der Waals surface area contributed by atoms with Gasteiger partial charge in [-0.2, -0.15) is 0 Å². The molecule has 1 aromatic rings. The minimum Gasteiger partial charge on any atom is -0.325 e. The summed E-state index contributed by atoms with van der Waals surface area (Å²) in [5, 5.41) is 3.15. The number of aryl methyl sites for hydroxylation is 2. The summed E-state index contributed by atoms with van der Waals surface area (Å²) in [4.78, 5) is 14.6. The number of benzene rings is 1. The van der Waals surface area contributed by atoms with E-state index in [2.05, 4.69) is 49.3 Å². The van der Waals surface area contributed by atoms with Crippen molar-refractivity contribution in [3.05, 3.63) is 29.3 Å². The molecule has 104 valence electrons. The molecule has 1 N–H and O–H groups in total. The average Bonchev–Trinajstić information content (AvgIpc) is 2.41. The highest BCUT2D eigenvalue weighted by atomic mass is 16.1. The smallest absolute Gasteiger partial charge is 0.228 e. The molecule has 3 heteroatoms. The van der Waals surface area contributed by atoms with Crippen molar-refractivity contribution in [3.63, 3.8) is 0 Å². The molecule has 1 fully saturated rings. The van der Waals surface area contributed by atoms with E-state index in [1.165, 1.54) is 5.56 Å². The van der Waals surface area contributed by atoms with Crippen molar-refractivity contribution < 1.29 is 4.79 Å². The lowest BCUT2D eigenvalue weighted by molar-refractivity contribution is -0.121. The van der Waals surface area contributed by atoms with E-state index in [0.29, 0.717) is 0 Å². The zero-order chi connectivity index (χ0) is 13.8. The van der Waals surface area contributed by atoms with Crippen LogP contribution in [0.15, 0.2) is 18.2 Å². The number of hydrogen-bond donors (Lipinski definition) is 1. The molecule has 1 heterocycles. The number of carbonyl (C=O) groups excluding carboxylic acids is 1. The third-order valence-electron chi connectivity index (χ3n) is 3.98. The molecule has 0 saturated carbocycles. The van der Waals surface area contributed by atoms with Crippen LogP contribution in [-0.2, 0) is 11.2 Å². The summed E-state index contributed by atoms with van der Waals surface area (Å²) < 4.78 is 0. The SMILES string of the molecule is CCc1cccc(C)c1NC(=O)[C@@H]1CCCN(C)C1. The minimum absolute atomic E-state index is 0.128. The molecule has 1 saturated heterocycles. The molecule has 0 spiro atoms. The molecule has 0 radical (unpaired) electrons. The number of amides is 1. The molecule has 19 heavy (non-hydrogen) atoms. The monoisotopic (exact) mass is 260 g/mol. The number of likely N-dealkylation sites (tertiary alicyclic amines) is 1. The van der Waals surface area contributed by atoms with Gasteiger partial charge in [-0.15, -0.1) is 0 Å². The molecule has 3 nitrogen and oxygen atoms in total. The van der Waals surface area contributed by atoms with Crippen LogP contribution in [0.4, 0.5) is 5.69 Å². The molecule has 0 bridgehead atoms. The van der Waals surface area contributed by atoms with Crippen molar-refractivity contribution in [2.24, 2.45) is 5.92 Å². The van der Waals surface area contributed by atoms with E-state index in [1.807, 2.05) is 0 Å². The summed E-state index contributed by atoms with van der Waals surface area (Å²) in [7, 11) is 2.09. The van der Waals surface area contributed by atoms with Crippen LogP contribution in [0, 0.1) is 12.8 Å². The third kappa shape index (κ3) is 3.35. The second-order valence-electron chi connectivity index (χ2n) is 5.55. The van der Waals surface area contributed by atoms with E-state index in [-0.39, 0.29) is 11.8 Å². The molecule has 1 aliphatic rings. The van der Waals surface area contributed by atoms with Crippen molar-refractivity contribution in [1.82, 2.24) is 4.90 Å². The second-order valence-corrected chi connectivity index (χ2v) is 5.55. The number of rotatable bonds is 3. The minimum atomic E-state index is 0.128. The van der Waals surface area contributed by atoms with Crippen molar-refractivity contribution in [2.75, 3.05) is 25.5 Å². The molecular formula is C16H24N2O. The zero-order valence-electron chi connectivity index (χ0n) is 12.2. The number of hydrogen-bond acceptors (Lipinski definition) is 2. The maximum absolute atomic E-state index is 12.4. The van der Waals surface area contributed by atoms with Gasteiger partial charge in [0.2, 0.25) is 5.91 Å². The van der Waals surface area contributed by atoms with Crippen molar-refractivity contribution >= 4 is 11.6 Å². The normalized spacial score (nSPS) is 20.3. The maximum Gasteiger partial charge on any atom is 0.228 e. The third-order valence-corrected chi connectivity index (χ3v) is 3.98. The first-order valence-corrected chi connectivity index (χ1v) is 7.19. The molecular weight excluding hydrogens is 236 g/mol. The summed E-state index contributed by atoms with van der Waals surface area (Å²) in [6.07, 6.45) is 3.06. The number of carbonyl (C=O) groups is 1. The van der Waals surface area contributed by atoms with Gasteiger partial charge in [-0.1, -0.05) is 25.1 Å². The van der Waals surface area contributed by atoms with Gasteiger partial charge in [-0.3, -0.25) is 4.79 Å². The summed E-state index contributed by atoms with van der Waals surface area (Å²) >= 11 is 0. The van der Waals surface area contributed by atoms with Gasteiger partial charge in [0, 0.05) is 12.2 Å². The Morgan fingerprint density at radius 1 is 1.47 bits per heavy atom. The second kappa shape index (κ2) is 6.20. The van der Waals surface area contributed by atoms with Gasteiger partial charge >= 0.3 is 0 Å². The van der Waals surface area contributed by atoms with Crippen LogP contribution in [0.3, 0.4) is 0 Å². The highest BCUT2D eigenvalue weighted by molar-refractivity contribution is 5.94. The van der Waals surface area contributed by atoms with Crippen LogP contribution in [0.1, 0.15) is 30.9 Å². The summed E-state index contributed by atoms with van der Waals surface area (Å²) in [6.45, 7) is 6.16. The van der Waals surface area contributed by atoms with E-state index in [1.54, 1.807) is 0 Å². The van der Waals surface area contributed by atoms with E-state index in [9.17, 15) is 4.79 Å². The lowest BCUT2D eigenvalue weighted by atomic mass is 9.97. The summed E-state index contributed by atoms with van der Waals surface area (Å²) in [5.74, 6) is 0.304. The Hall–Kier alpha value is -1.35. The highest BCUT2D eigenvalue weighted by Crippen LogP contribution is 2.23. The van der Waals surface area contributed by atoms with E-state index in [4.69, 9.17) is 0 Å². The zero-order valence-corrected chi connectivity index (χ0v) is 12.2. The molecule has 1 amide bonds. The highest BCUT2D eigenvalue weighted by Gasteiger charge is 2.24. The van der Waals surface area contributed by atoms with Crippen LogP contribution in [0.2, 0.25) is 0 Å². The fourth-order valence-corrected chi connectivity index (χ4v) is 2.81. The Balaban J connectivity index is 2.10. The molecule has 0 unspecified atom stereocenters. The predicted molar refractivity (Wildman–Crippen MR) is 79.4 cm³/mol. The number of para-hydroxylation sites is 1. The van der Waals surface area contributed by atoms with Gasteiger partial charge in [-0.05, 0) is 50.9 Å². The topological polar surface area (TPSA) is 32.3 Å². The van der Waals surface area contributed by atoms with Crippen LogP contribution < -0.4 is 5.32 Å². The molecule has 1 atom stereocenters. The van der Waals surface area contributed by atoms with Crippen molar-refractivity contribution in [2.45, 2.75) is 33.1 Å². The Labute approximate surface area is 116 Å². The first-order chi connectivity index (χ1) is 9.11. The van der Waals surface area contributed by atoms with Gasteiger partial charge in [0.05, 0.1) is 5.92 Å². The van der Waals surface area contributed by atoms with Crippen LogP contribution in [0.25, 0.3) is 0 Å². The van der Waals surface area contributed by atoms with Gasteiger partial charge in [0.1, 0.15) is 0 Å². The lowest BCUT2D eigenvalue weighted by Gasteiger charge is -2.29. The Kier molecular flexibility index (Phi) is 4.59. The van der Waals surface area contributed by atoms with Crippen LogP contribution in [-0.4, -0.2) is 30.9 Å². The fourth-order valence-electron chi connectivity index (χ4n) is 2.81. The first kappa shape index (κ1) is 14.1. The van der Waals surface area contributed by atoms with Gasteiger partial charge in [0.15, 0.2) is 0 Å². The Morgan fingerprint density at radius 3 is 2.95 bits per heavy atom. The van der Waals surface area contributed by atoms with E-state index < -0.39 is 0 Å². The summed E-state index contributed by atoms with van der Waals surface area (Å²) in [6, 6.07) is 6.20. The van der Waals surface area contributed by atoms with Gasteiger partial charge in [-0.25, -0.2) is 0 Å². The number of piperidine rings is 1. The molecule has 1 aliphatic heterocycles. The lowest BCUT2D eigenvalue weighted by Crippen LogP contribution is -2.38. The van der Waals surface area contributed by atoms with Crippen LogP contribution >= 0.6 is 0 Å². The Morgan fingerprint density at radius 2 is 2.26 bits per heavy atom. The molecule has 2 rings (SSSR count). The molecule has 1 aromatic carbocycles. The Bertz CT molecular complexity index is 456. The van der Waals surface area contributed by atoms with Crippen LogP contribution in [0.5, 0.6) is 0 Å². The quantitative estimate of drug-likeness (QED) is 0.906. The standard InChI is InChI=1S/C16H24N2O/c1-4-13-8-5-7-12(2)15(13)17-16(19)14-9-6-10-18(3)11-14/h5,7-8,14H,4,6,9-11H2,1-3H3,(H,17,19)/t14-/m1/s1. The first-order valence-electron chi connectivity index (χ1n) is 7.19. The number of nitrogens with zero attached hydrogens (tertiary/aromatic N) is 1. The van der Waals surface area contributed by atoms with Crippen molar-refractivity contribution in [1.29, 1.82) is 0 Å². The van der Waals surface area contributed by atoms with Crippen molar-refractivity contribution in [3.8, 4) is 0 Å².